The van der Waals surface area contributed by atoms with Crippen molar-refractivity contribution < 1.29 is 14.3 Å². The number of halogens is 1. The number of hydrogen-bond acceptors (Lipinski definition) is 4. The van der Waals surface area contributed by atoms with Crippen LogP contribution < -0.4 is 21.3 Å². The number of carbonyl (C=O) groups excluding carboxylic acids is 2. The molecule has 0 aliphatic heterocycles. The standard InChI is InChI=1S/C23H39N5O3.HI/c1-7-9-13-19(16-27-22(30)31-23(3,4)5)28-21(25-8-2)26-15-17-11-10-12-18(14-17)20(29)24-6;/h10-12,14,19H,7-9,13,15-16H2,1-6H3,(H,24,29)(H,27,30)(H2,25,26,28);1H. The zero-order chi connectivity index (χ0) is 23.3. The summed E-state index contributed by atoms with van der Waals surface area (Å²) in [6, 6.07) is 7.42. The summed E-state index contributed by atoms with van der Waals surface area (Å²) in [5.74, 6) is 0.545. The Hall–Kier alpha value is -2.04. The maximum Gasteiger partial charge on any atom is 0.407 e. The normalized spacial score (nSPS) is 12.2. The minimum Gasteiger partial charge on any atom is -0.444 e. The molecule has 1 atom stereocenters. The van der Waals surface area contributed by atoms with E-state index in [-0.39, 0.29) is 35.9 Å². The Morgan fingerprint density at radius 2 is 1.88 bits per heavy atom. The van der Waals surface area contributed by atoms with Crippen LogP contribution in [0.2, 0.25) is 0 Å². The third-order valence-electron chi connectivity index (χ3n) is 4.32. The quantitative estimate of drug-likeness (QED) is 0.198. The van der Waals surface area contributed by atoms with Crippen LogP contribution in [0.15, 0.2) is 29.3 Å². The van der Waals surface area contributed by atoms with E-state index in [4.69, 9.17) is 4.74 Å². The highest BCUT2D eigenvalue weighted by atomic mass is 127. The van der Waals surface area contributed by atoms with E-state index in [2.05, 4.69) is 33.2 Å². The Morgan fingerprint density at radius 1 is 1.16 bits per heavy atom. The van der Waals surface area contributed by atoms with Gasteiger partial charge in [0.2, 0.25) is 0 Å². The largest absolute Gasteiger partial charge is 0.444 e. The zero-order valence-electron chi connectivity index (χ0n) is 20.2. The molecule has 0 heterocycles. The van der Waals surface area contributed by atoms with Gasteiger partial charge in [-0.3, -0.25) is 4.79 Å². The van der Waals surface area contributed by atoms with Crippen LogP contribution in [0.1, 0.15) is 69.8 Å². The van der Waals surface area contributed by atoms with Crippen molar-refractivity contribution in [3.05, 3.63) is 35.4 Å². The van der Waals surface area contributed by atoms with Crippen LogP contribution in [0, 0.1) is 0 Å². The molecule has 182 valence electrons. The molecule has 0 saturated heterocycles. The van der Waals surface area contributed by atoms with Crippen molar-refractivity contribution in [1.29, 1.82) is 0 Å². The van der Waals surface area contributed by atoms with Gasteiger partial charge in [0.05, 0.1) is 6.54 Å². The molecule has 0 aromatic heterocycles. The second-order valence-electron chi connectivity index (χ2n) is 8.34. The lowest BCUT2D eigenvalue weighted by Gasteiger charge is -2.24. The Labute approximate surface area is 209 Å². The molecule has 1 rings (SSSR count). The van der Waals surface area contributed by atoms with Crippen molar-refractivity contribution in [3.63, 3.8) is 0 Å². The lowest BCUT2D eigenvalue weighted by atomic mass is 10.1. The fourth-order valence-corrected chi connectivity index (χ4v) is 2.84. The second-order valence-corrected chi connectivity index (χ2v) is 8.34. The third kappa shape index (κ3) is 12.7. The van der Waals surface area contributed by atoms with Gasteiger partial charge in [0.25, 0.3) is 5.91 Å². The number of aliphatic imine (C=N–C) groups is 1. The molecule has 0 saturated carbocycles. The first kappa shape index (κ1) is 30.0. The van der Waals surface area contributed by atoms with Crippen molar-refractivity contribution in [2.24, 2.45) is 4.99 Å². The molecule has 0 fully saturated rings. The number of nitrogens with one attached hydrogen (secondary N) is 4. The van der Waals surface area contributed by atoms with Gasteiger partial charge >= 0.3 is 6.09 Å². The Morgan fingerprint density at radius 3 is 2.47 bits per heavy atom. The maximum atomic E-state index is 12.0. The molecular formula is C23H40IN5O3. The number of unbranched alkanes of at least 4 members (excludes halogenated alkanes) is 1. The van der Waals surface area contributed by atoms with E-state index >= 15 is 0 Å². The van der Waals surface area contributed by atoms with E-state index in [9.17, 15) is 9.59 Å². The van der Waals surface area contributed by atoms with Crippen molar-refractivity contribution in [2.45, 2.75) is 72.1 Å². The monoisotopic (exact) mass is 561 g/mol. The minimum atomic E-state index is -0.532. The smallest absolute Gasteiger partial charge is 0.407 e. The molecule has 2 amide bonds. The first-order chi connectivity index (χ1) is 14.7. The second kappa shape index (κ2) is 15.7. The van der Waals surface area contributed by atoms with Gasteiger partial charge in [-0.2, -0.15) is 0 Å². The van der Waals surface area contributed by atoms with E-state index in [1.807, 2.05) is 45.9 Å². The number of alkyl carbamates (subject to hydrolysis) is 1. The maximum absolute atomic E-state index is 12.0. The highest BCUT2D eigenvalue weighted by Crippen LogP contribution is 2.08. The Bertz CT molecular complexity index is 735. The van der Waals surface area contributed by atoms with Crippen LogP contribution in [0.3, 0.4) is 0 Å². The van der Waals surface area contributed by atoms with E-state index in [0.29, 0.717) is 31.2 Å². The third-order valence-corrected chi connectivity index (χ3v) is 4.32. The fraction of sp³-hybridized carbons (Fsp3) is 0.609. The molecule has 8 nitrogen and oxygen atoms in total. The highest BCUT2D eigenvalue weighted by molar-refractivity contribution is 14.0. The van der Waals surface area contributed by atoms with E-state index in [1.165, 1.54) is 0 Å². The van der Waals surface area contributed by atoms with Crippen LogP contribution in [0.5, 0.6) is 0 Å². The molecule has 0 spiro atoms. The molecular weight excluding hydrogens is 521 g/mol. The predicted octanol–water partition coefficient (Wildman–Crippen LogP) is 3.80. The number of nitrogens with zero attached hydrogens (tertiary/aromatic N) is 1. The number of guanidine groups is 1. The number of rotatable bonds is 10. The lowest BCUT2D eigenvalue weighted by Crippen LogP contribution is -2.49. The van der Waals surface area contributed by atoms with Crippen molar-refractivity contribution in [1.82, 2.24) is 21.3 Å². The van der Waals surface area contributed by atoms with Gasteiger partial charge in [-0.25, -0.2) is 9.79 Å². The van der Waals surface area contributed by atoms with Gasteiger partial charge in [-0.15, -0.1) is 24.0 Å². The average molecular weight is 562 g/mol. The van der Waals surface area contributed by atoms with Crippen molar-refractivity contribution in [3.8, 4) is 0 Å². The summed E-state index contributed by atoms with van der Waals surface area (Å²) >= 11 is 0. The molecule has 0 radical (unpaired) electrons. The lowest BCUT2D eigenvalue weighted by molar-refractivity contribution is 0.0522. The molecule has 4 N–H and O–H groups in total. The summed E-state index contributed by atoms with van der Waals surface area (Å²) in [6.07, 6.45) is 2.55. The molecule has 0 aliphatic rings. The van der Waals surface area contributed by atoms with Gasteiger partial charge in [0.15, 0.2) is 5.96 Å². The molecule has 1 aromatic carbocycles. The average Bonchev–Trinajstić information content (AvgIpc) is 2.72. The van der Waals surface area contributed by atoms with E-state index in [1.54, 1.807) is 13.1 Å². The summed E-state index contributed by atoms with van der Waals surface area (Å²) in [7, 11) is 1.61. The SMILES string of the molecule is CCCCC(CNC(=O)OC(C)(C)C)NC(=NCc1cccc(C(=O)NC)c1)NCC.I. The van der Waals surface area contributed by atoms with Crippen LogP contribution in [-0.4, -0.2) is 49.7 Å². The molecule has 9 heteroatoms. The fourth-order valence-electron chi connectivity index (χ4n) is 2.84. The van der Waals surface area contributed by atoms with Crippen LogP contribution in [0.4, 0.5) is 4.79 Å². The summed E-state index contributed by atoms with van der Waals surface area (Å²) in [5, 5.41) is 12.1. The van der Waals surface area contributed by atoms with Gasteiger partial charge in [-0.1, -0.05) is 31.9 Å². The summed E-state index contributed by atoms with van der Waals surface area (Å²) in [5.41, 5.74) is 1.02. The van der Waals surface area contributed by atoms with Crippen molar-refractivity contribution >= 4 is 41.9 Å². The molecule has 0 bridgehead atoms. The Balaban J connectivity index is 0.00000961. The number of carbonyl (C=O) groups is 2. The summed E-state index contributed by atoms with van der Waals surface area (Å²) in [6.45, 7) is 11.2. The van der Waals surface area contributed by atoms with Crippen LogP contribution in [-0.2, 0) is 11.3 Å². The highest BCUT2D eigenvalue weighted by Gasteiger charge is 2.18. The van der Waals surface area contributed by atoms with Crippen LogP contribution in [0.25, 0.3) is 0 Å². The zero-order valence-corrected chi connectivity index (χ0v) is 22.5. The number of benzene rings is 1. The van der Waals surface area contributed by atoms with E-state index in [0.717, 1.165) is 24.8 Å². The van der Waals surface area contributed by atoms with Gasteiger partial charge in [0, 0.05) is 31.7 Å². The van der Waals surface area contributed by atoms with Gasteiger partial charge in [-0.05, 0) is 51.8 Å². The first-order valence-electron chi connectivity index (χ1n) is 11.0. The van der Waals surface area contributed by atoms with Crippen LogP contribution >= 0.6 is 24.0 Å². The molecule has 0 aliphatic carbocycles. The molecule has 1 unspecified atom stereocenters. The van der Waals surface area contributed by atoms with E-state index < -0.39 is 11.7 Å². The molecule has 32 heavy (non-hydrogen) atoms. The number of ether oxygens (including phenoxy) is 1. The number of hydrogen-bond donors (Lipinski definition) is 4. The van der Waals surface area contributed by atoms with Crippen molar-refractivity contribution in [2.75, 3.05) is 20.1 Å². The minimum absolute atomic E-state index is 0. The van der Waals surface area contributed by atoms with Gasteiger partial charge < -0.3 is 26.0 Å². The predicted molar refractivity (Wildman–Crippen MR) is 141 cm³/mol. The van der Waals surface area contributed by atoms with Gasteiger partial charge in [0.1, 0.15) is 5.60 Å². The summed E-state index contributed by atoms with van der Waals surface area (Å²) in [4.78, 5) is 28.5. The summed E-state index contributed by atoms with van der Waals surface area (Å²) < 4.78 is 5.33. The Kier molecular flexibility index (Phi) is 14.7. The first-order valence-corrected chi connectivity index (χ1v) is 11.0. The number of amides is 2. The molecule has 1 aromatic rings. The topological polar surface area (TPSA) is 104 Å².